The lowest BCUT2D eigenvalue weighted by Gasteiger charge is -2.18. The van der Waals surface area contributed by atoms with Gasteiger partial charge in [0.1, 0.15) is 12.4 Å². The summed E-state index contributed by atoms with van der Waals surface area (Å²) in [5.74, 6) is 1.59. The van der Waals surface area contributed by atoms with E-state index in [1.54, 1.807) is 0 Å². The van der Waals surface area contributed by atoms with Crippen molar-refractivity contribution in [1.82, 2.24) is 5.32 Å². The van der Waals surface area contributed by atoms with Crippen LogP contribution in [0.15, 0.2) is 18.2 Å². The minimum Gasteiger partial charge on any atom is -0.491 e. The van der Waals surface area contributed by atoms with Gasteiger partial charge in [-0.2, -0.15) is 0 Å². The number of aliphatic hydroxyl groups is 1. The van der Waals surface area contributed by atoms with Crippen LogP contribution in [-0.4, -0.2) is 24.4 Å². The van der Waals surface area contributed by atoms with Gasteiger partial charge in [-0.05, 0) is 31.9 Å². The van der Waals surface area contributed by atoms with Crippen LogP contribution in [0.2, 0.25) is 0 Å². The molecule has 118 valence electrons. The summed E-state index contributed by atoms with van der Waals surface area (Å²) in [6, 6.07) is 6.24. The summed E-state index contributed by atoms with van der Waals surface area (Å²) in [6.45, 7) is 6.35. The Kier molecular flexibility index (Phi) is 6.52. The fourth-order valence-electron chi connectivity index (χ4n) is 3.13. The molecule has 1 fully saturated rings. The fourth-order valence-corrected chi connectivity index (χ4v) is 3.13. The predicted octanol–water partition coefficient (Wildman–Crippen LogP) is 3.42. The maximum Gasteiger partial charge on any atom is 0.123 e. The molecule has 0 heterocycles. The van der Waals surface area contributed by atoms with E-state index in [9.17, 15) is 5.11 Å². The number of aliphatic hydroxyl groups excluding tert-OH is 1. The van der Waals surface area contributed by atoms with E-state index >= 15 is 0 Å². The predicted molar refractivity (Wildman–Crippen MR) is 86.6 cm³/mol. The van der Waals surface area contributed by atoms with Crippen LogP contribution in [-0.2, 0) is 6.54 Å². The van der Waals surface area contributed by atoms with Crippen LogP contribution in [0.3, 0.4) is 0 Å². The standard InChI is InChI=1S/C18H29NO2/c1-3-19-12-16-10-14(2)8-9-18(16)21-13-17(20)11-15-6-4-5-7-15/h8-10,15,17,19-20H,3-7,11-13H2,1-2H3. The molecule has 1 atom stereocenters. The van der Waals surface area contributed by atoms with Crippen LogP contribution in [0, 0.1) is 12.8 Å². The fraction of sp³-hybridized carbons (Fsp3) is 0.667. The minimum absolute atomic E-state index is 0.346. The van der Waals surface area contributed by atoms with Gasteiger partial charge in [0.15, 0.2) is 0 Å². The Labute approximate surface area is 128 Å². The average molecular weight is 291 g/mol. The zero-order chi connectivity index (χ0) is 15.1. The molecule has 1 unspecified atom stereocenters. The number of rotatable bonds is 8. The van der Waals surface area contributed by atoms with Gasteiger partial charge in [-0.25, -0.2) is 0 Å². The van der Waals surface area contributed by atoms with E-state index in [0.29, 0.717) is 12.5 Å². The Morgan fingerprint density at radius 2 is 2.10 bits per heavy atom. The second kappa shape index (κ2) is 8.40. The molecule has 1 saturated carbocycles. The molecule has 1 aliphatic carbocycles. The first-order valence-corrected chi connectivity index (χ1v) is 8.30. The molecule has 21 heavy (non-hydrogen) atoms. The lowest BCUT2D eigenvalue weighted by molar-refractivity contribution is 0.0850. The zero-order valence-electron chi connectivity index (χ0n) is 13.4. The van der Waals surface area contributed by atoms with Crippen molar-refractivity contribution < 1.29 is 9.84 Å². The summed E-state index contributed by atoms with van der Waals surface area (Å²) < 4.78 is 5.87. The zero-order valence-corrected chi connectivity index (χ0v) is 13.4. The SMILES string of the molecule is CCNCc1cc(C)ccc1OCC(O)CC1CCCC1. The monoisotopic (exact) mass is 291 g/mol. The maximum atomic E-state index is 10.2. The highest BCUT2D eigenvalue weighted by atomic mass is 16.5. The van der Waals surface area contributed by atoms with Crippen LogP contribution >= 0.6 is 0 Å². The summed E-state index contributed by atoms with van der Waals surface area (Å²) in [5, 5.41) is 13.5. The second-order valence-corrected chi connectivity index (χ2v) is 6.24. The Morgan fingerprint density at radius 1 is 1.33 bits per heavy atom. The van der Waals surface area contributed by atoms with Crippen LogP contribution < -0.4 is 10.1 Å². The summed E-state index contributed by atoms with van der Waals surface area (Å²) in [5.41, 5.74) is 2.41. The van der Waals surface area contributed by atoms with Crippen molar-refractivity contribution in [2.24, 2.45) is 5.92 Å². The molecule has 0 bridgehead atoms. The number of benzene rings is 1. The highest BCUT2D eigenvalue weighted by Crippen LogP contribution is 2.29. The molecule has 0 aliphatic heterocycles. The summed E-state index contributed by atoms with van der Waals surface area (Å²) >= 11 is 0. The number of aryl methyl sites for hydroxylation is 1. The Balaban J connectivity index is 1.86. The first kappa shape index (κ1) is 16.3. The molecule has 3 heteroatoms. The molecule has 0 amide bonds. The maximum absolute atomic E-state index is 10.2. The number of nitrogens with one attached hydrogen (secondary N) is 1. The average Bonchev–Trinajstić information content (AvgIpc) is 2.97. The van der Waals surface area contributed by atoms with Crippen molar-refractivity contribution in [3.63, 3.8) is 0 Å². The lowest BCUT2D eigenvalue weighted by Crippen LogP contribution is -2.21. The first-order valence-electron chi connectivity index (χ1n) is 8.30. The molecule has 0 radical (unpaired) electrons. The smallest absolute Gasteiger partial charge is 0.123 e. The van der Waals surface area contributed by atoms with E-state index < -0.39 is 0 Å². The number of ether oxygens (including phenoxy) is 1. The van der Waals surface area contributed by atoms with Crippen molar-refractivity contribution >= 4 is 0 Å². The van der Waals surface area contributed by atoms with Crippen molar-refractivity contribution in [3.05, 3.63) is 29.3 Å². The molecular weight excluding hydrogens is 262 g/mol. The molecule has 2 rings (SSSR count). The molecular formula is C18H29NO2. The molecule has 0 spiro atoms. The third-order valence-electron chi connectivity index (χ3n) is 4.29. The summed E-state index contributed by atoms with van der Waals surface area (Å²) in [6.07, 6.45) is 5.72. The molecule has 0 saturated heterocycles. The van der Waals surface area contributed by atoms with Crippen molar-refractivity contribution in [3.8, 4) is 5.75 Å². The normalized spacial score (nSPS) is 17.1. The van der Waals surface area contributed by atoms with Gasteiger partial charge in [-0.3, -0.25) is 0 Å². The lowest BCUT2D eigenvalue weighted by atomic mass is 10.0. The van der Waals surface area contributed by atoms with Gasteiger partial charge in [0.05, 0.1) is 6.10 Å². The molecule has 1 aliphatic rings. The third kappa shape index (κ3) is 5.33. The van der Waals surface area contributed by atoms with Crippen LogP contribution in [0.5, 0.6) is 5.75 Å². The quantitative estimate of drug-likeness (QED) is 0.771. The molecule has 3 nitrogen and oxygen atoms in total. The highest BCUT2D eigenvalue weighted by Gasteiger charge is 2.19. The van der Waals surface area contributed by atoms with Gasteiger partial charge in [-0.1, -0.05) is 50.3 Å². The largest absolute Gasteiger partial charge is 0.491 e. The molecule has 0 aromatic heterocycles. The molecule has 1 aromatic carbocycles. The Hall–Kier alpha value is -1.06. The summed E-state index contributed by atoms with van der Waals surface area (Å²) in [4.78, 5) is 0. The van der Waals surface area contributed by atoms with E-state index in [1.165, 1.54) is 36.8 Å². The summed E-state index contributed by atoms with van der Waals surface area (Å²) in [7, 11) is 0. The third-order valence-corrected chi connectivity index (χ3v) is 4.29. The van der Waals surface area contributed by atoms with E-state index in [2.05, 4.69) is 31.3 Å². The van der Waals surface area contributed by atoms with Gasteiger partial charge in [0.25, 0.3) is 0 Å². The van der Waals surface area contributed by atoms with Gasteiger partial charge < -0.3 is 15.2 Å². The van der Waals surface area contributed by atoms with Crippen molar-refractivity contribution in [2.75, 3.05) is 13.2 Å². The van der Waals surface area contributed by atoms with E-state index in [4.69, 9.17) is 4.74 Å². The van der Waals surface area contributed by atoms with Crippen LogP contribution in [0.4, 0.5) is 0 Å². The van der Waals surface area contributed by atoms with Crippen molar-refractivity contribution in [1.29, 1.82) is 0 Å². The van der Waals surface area contributed by atoms with Gasteiger partial charge in [-0.15, -0.1) is 0 Å². The van der Waals surface area contributed by atoms with Crippen LogP contribution in [0.25, 0.3) is 0 Å². The van der Waals surface area contributed by atoms with E-state index in [-0.39, 0.29) is 6.10 Å². The highest BCUT2D eigenvalue weighted by molar-refractivity contribution is 5.36. The van der Waals surface area contributed by atoms with E-state index in [1.807, 2.05) is 6.07 Å². The molecule has 2 N–H and O–H groups in total. The Morgan fingerprint density at radius 3 is 2.81 bits per heavy atom. The minimum atomic E-state index is -0.346. The first-order chi connectivity index (χ1) is 10.2. The molecule has 1 aromatic rings. The van der Waals surface area contributed by atoms with Crippen LogP contribution in [0.1, 0.15) is 50.2 Å². The second-order valence-electron chi connectivity index (χ2n) is 6.24. The Bertz CT molecular complexity index is 427. The van der Waals surface area contributed by atoms with E-state index in [0.717, 1.165) is 25.3 Å². The topological polar surface area (TPSA) is 41.5 Å². The van der Waals surface area contributed by atoms with Gasteiger partial charge in [0, 0.05) is 12.1 Å². The number of hydrogen-bond donors (Lipinski definition) is 2. The van der Waals surface area contributed by atoms with Gasteiger partial charge in [0.2, 0.25) is 0 Å². The van der Waals surface area contributed by atoms with Crippen molar-refractivity contribution in [2.45, 2.75) is 58.6 Å². The number of hydrogen-bond acceptors (Lipinski definition) is 3. The van der Waals surface area contributed by atoms with Gasteiger partial charge >= 0.3 is 0 Å².